The van der Waals surface area contributed by atoms with Crippen LogP contribution >= 0.6 is 0 Å². The Hall–Kier alpha value is -1.55. The lowest BCUT2D eigenvalue weighted by Crippen LogP contribution is -2.56. The molecule has 0 saturated carbocycles. The second-order valence-corrected chi connectivity index (χ2v) is 6.30. The average Bonchev–Trinajstić information content (AvgIpc) is 2.47. The molecule has 2 unspecified atom stereocenters. The Kier molecular flexibility index (Phi) is 4.88. The van der Waals surface area contributed by atoms with E-state index in [0.29, 0.717) is 12.3 Å². The van der Waals surface area contributed by atoms with E-state index in [1.54, 1.807) is 7.11 Å². The van der Waals surface area contributed by atoms with Crippen LogP contribution in [0.15, 0.2) is 24.3 Å². The summed E-state index contributed by atoms with van der Waals surface area (Å²) in [5, 5.41) is 9.79. The number of benzene rings is 1. The molecule has 2 rings (SSSR count). The molecule has 116 valence electrons. The highest BCUT2D eigenvalue weighted by molar-refractivity contribution is 5.78. The van der Waals surface area contributed by atoms with Gasteiger partial charge in [0, 0.05) is 13.0 Å². The summed E-state index contributed by atoms with van der Waals surface area (Å²) >= 11 is 0. The zero-order valence-corrected chi connectivity index (χ0v) is 13.1. The third-order valence-electron chi connectivity index (χ3n) is 4.50. The first-order valence-corrected chi connectivity index (χ1v) is 7.57. The molecule has 0 radical (unpaired) electrons. The summed E-state index contributed by atoms with van der Waals surface area (Å²) in [6, 6.07) is 7.69. The van der Waals surface area contributed by atoms with Crippen LogP contribution in [0.3, 0.4) is 0 Å². The molecule has 4 heteroatoms. The lowest BCUT2D eigenvalue weighted by molar-refractivity contribution is -0.151. The van der Waals surface area contributed by atoms with Gasteiger partial charge in [-0.2, -0.15) is 0 Å². The second kappa shape index (κ2) is 6.48. The van der Waals surface area contributed by atoms with Gasteiger partial charge in [-0.05, 0) is 49.9 Å². The Morgan fingerprint density at radius 3 is 2.90 bits per heavy atom. The molecule has 1 aliphatic rings. The summed E-state index contributed by atoms with van der Waals surface area (Å²) in [7, 11) is 1.63. The van der Waals surface area contributed by atoms with E-state index in [9.17, 15) is 9.90 Å². The molecule has 1 fully saturated rings. The lowest BCUT2D eigenvalue weighted by Gasteiger charge is -2.42. The molecule has 0 aliphatic carbocycles. The molecule has 0 spiro atoms. The highest BCUT2D eigenvalue weighted by atomic mass is 16.5. The molecule has 0 bridgehead atoms. The summed E-state index contributed by atoms with van der Waals surface area (Å²) in [5.74, 6) is 0.578. The first-order valence-electron chi connectivity index (χ1n) is 7.57. The van der Waals surface area contributed by atoms with Crippen molar-refractivity contribution in [2.45, 2.75) is 38.6 Å². The number of piperidine rings is 1. The number of rotatable bonds is 5. The molecule has 1 heterocycles. The fraction of sp³-hybridized carbons (Fsp3) is 0.588. The van der Waals surface area contributed by atoms with Crippen molar-refractivity contribution in [3.8, 4) is 5.75 Å². The number of methoxy groups -OCH3 is 1. The quantitative estimate of drug-likeness (QED) is 0.906. The number of hydrogen-bond acceptors (Lipinski definition) is 3. The van der Waals surface area contributed by atoms with Crippen molar-refractivity contribution in [3.63, 3.8) is 0 Å². The number of carbonyl (C=O) groups is 1. The molecular formula is C17H25NO3. The molecule has 21 heavy (non-hydrogen) atoms. The normalized spacial score (nSPS) is 22.5. The van der Waals surface area contributed by atoms with E-state index in [1.165, 1.54) is 6.42 Å². The summed E-state index contributed by atoms with van der Waals surface area (Å²) in [5.41, 5.74) is 0.138. The Labute approximate surface area is 126 Å². The van der Waals surface area contributed by atoms with E-state index in [0.717, 1.165) is 30.8 Å². The van der Waals surface area contributed by atoms with Crippen LogP contribution in [0.2, 0.25) is 0 Å². The van der Waals surface area contributed by atoms with E-state index in [2.05, 4.69) is 11.8 Å². The van der Waals surface area contributed by atoms with Crippen LogP contribution in [-0.4, -0.2) is 41.7 Å². The molecule has 4 nitrogen and oxygen atoms in total. The van der Waals surface area contributed by atoms with Crippen LogP contribution in [0.5, 0.6) is 5.75 Å². The van der Waals surface area contributed by atoms with E-state index in [4.69, 9.17) is 4.74 Å². The zero-order chi connectivity index (χ0) is 15.5. The Morgan fingerprint density at radius 2 is 2.29 bits per heavy atom. The highest BCUT2D eigenvalue weighted by Gasteiger charge is 2.41. The van der Waals surface area contributed by atoms with Gasteiger partial charge in [-0.15, -0.1) is 0 Å². The van der Waals surface area contributed by atoms with Crippen LogP contribution in [0, 0.1) is 5.92 Å². The fourth-order valence-electron chi connectivity index (χ4n) is 3.14. The number of likely N-dealkylation sites (tertiary alicyclic amines) is 1. The van der Waals surface area contributed by atoms with Crippen molar-refractivity contribution in [1.29, 1.82) is 0 Å². The van der Waals surface area contributed by atoms with Crippen molar-refractivity contribution < 1.29 is 14.6 Å². The zero-order valence-electron chi connectivity index (χ0n) is 13.1. The van der Waals surface area contributed by atoms with Gasteiger partial charge >= 0.3 is 5.97 Å². The first kappa shape index (κ1) is 15.8. The molecule has 2 atom stereocenters. The number of aliphatic carboxylic acids is 1. The largest absolute Gasteiger partial charge is 0.497 e. The summed E-state index contributed by atoms with van der Waals surface area (Å²) in [4.78, 5) is 14.0. The summed E-state index contributed by atoms with van der Waals surface area (Å²) in [6.45, 7) is 5.75. The number of carboxylic acids is 1. The molecule has 1 aromatic carbocycles. The number of carboxylic acid groups (broad SMARTS) is 1. The van der Waals surface area contributed by atoms with Crippen LogP contribution in [0.25, 0.3) is 0 Å². The van der Waals surface area contributed by atoms with Gasteiger partial charge in [0.15, 0.2) is 0 Å². The number of ether oxygens (including phenoxy) is 1. The predicted octanol–water partition coefficient (Wildman–Crippen LogP) is 2.81. The first-order chi connectivity index (χ1) is 9.95. The predicted molar refractivity (Wildman–Crippen MR) is 82.7 cm³/mol. The maximum Gasteiger partial charge on any atom is 0.324 e. The minimum atomic E-state index is -0.860. The molecular weight excluding hydrogens is 266 g/mol. The van der Waals surface area contributed by atoms with Crippen molar-refractivity contribution in [2.24, 2.45) is 5.92 Å². The minimum absolute atomic E-state index is 0.492. The van der Waals surface area contributed by atoms with E-state index in [-0.39, 0.29) is 0 Å². The molecule has 0 amide bonds. The van der Waals surface area contributed by atoms with E-state index in [1.807, 2.05) is 31.2 Å². The van der Waals surface area contributed by atoms with Gasteiger partial charge in [0.2, 0.25) is 0 Å². The average molecular weight is 291 g/mol. The maximum absolute atomic E-state index is 11.9. The lowest BCUT2D eigenvalue weighted by atomic mass is 9.87. The Balaban J connectivity index is 2.22. The van der Waals surface area contributed by atoms with Gasteiger partial charge in [-0.3, -0.25) is 9.69 Å². The van der Waals surface area contributed by atoms with Crippen LogP contribution in [0.4, 0.5) is 0 Å². The molecule has 1 aliphatic heterocycles. The SMILES string of the molecule is COc1cccc(CC(C)(C(=O)O)N2CCCC(C)C2)c1. The van der Waals surface area contributed by atoms with Gasteiger partial charge in [0.25, 0.3) is 0 Å². The van der Waals surface area contributed by atoms with E-state index < -0.39 is 11.5 Å². The second-order valence-electron chi connectivity index (χ2n) is 6.30. The van der Waals surface area contributed by atoms with Gasteiger partial charge in [-0.25, -0.2) is 0 Å². The topological polar surface area (TPSA) is 49.8 Å². The van der Waals surface area contributed by atoms with Crippen LogP contribution in [-0.2, 0) is 11.2 Å². The van der Waals surface area contributed by atoms with Crippen molar-refractivity contribution in [3.05, 3.63) is 29.8 Å². The van der Waals surface area contributed by atoms with Gasteiger partial charge < -0.3 is 9.84 Å². The fourth-order valence-corrected chi connectivity index (χ4v) is 3.14. The van der Waals surface area contributed by atoms with Crippen molar-refractivity contribution in [2.75, 3.05) is 20.2 Å². The highest BCUT2D eigenvalue weighted by Crippen LogP contribution is 2.28. The van der Waals surface area contributed by atoms with Crippen molar-refractivity contribution in [1.82, 2.24) is 4.90 Å². The molecule has 1 saturated heterocycles. The maximum atomic E-state index is 11.9. The van der Waals surface area contributed by atoms with Crippen LogP contribution in [0.1, 0.15) is 32.3 Å². The van der Waals surface area contributed by atoms with Crippen LogP contribution < -0.4 is 4.74 Å². The summed E-state index contributed by atoms with van der Waals surface area (Å²) in [6.07, 6.45) is 2.75. The standard InChI is InChI=1S/C17H25NO3/c1-13-6-5-9-18(12-13)17(2,16(19)20)11-14-7-4-8-15(10-14)21-3/h4,7-8,10,13H,5-6,9,11-12H2,1-3H3,(H,19,20). The summed E-state index contributed by atoms with van der Waals surface area (Å²) < 4.78 is 5.23. The van der Waals surface area contributed by atoms with Crippen molar-refractivity contribution >= 4 is 5.97 Å². The third-order valence-corrected chi connectivity index (χ3v) is 4.50. The van der Waals surface area contributed by atoms with Gasteiger partial charge in [0.05, 0.1) is 7.11 Å². The number of hydrogen-bond donors (Lipinski definition) is 1. The van der Waals surface area contributed by atoms with Gasteiger partial charge in [0.1, 0.15) is 11.3 Å². The Bertz CT molecular complexity index is 503. The van der Waals surface area contributed by atoms with Gasteiger partial charge in [-0.1, -0.05) is 19.1 Å². The number of nitrogens with zero attached hydrogens (tertiary/aromatic N) is 1. The smallest absolute Gasteiger partial charge is 0.324 e. The minimum Gasteiger partial charge on any atom is -0.497 e. The monoisotopic (exact) mass is 291 g/mol. The Morgan fingerprint density at radius 1 is 1.52 bits per heavy atom. The molecule has 0 aromatic heterocycles. The van der Waals surface area contributed by atoms with E-state index >= 15 is 0 Å². The molecule has 1 N–H and O–H groups in total. The molecule has 1 aromatic rings. The third kappa shape index (κ3) is 3.56.